The first-order chi connectivity index (χ1) is 4.70. The summed E-state index contributed by atoms with van der Waals surface area (Å²) in [7, 11) is 0. The Morgan fingerprint density at radius 1 is 2.00 bits per heavy atom. The summed E-state index contributed by atoms with van der Waals surface area (Å²) >= 11 is 0. The lowest BCUT2D eigenvalue weighted by Crippen LogP contribution is -2.08. The number of rotatable bonds is 4. The summed E-state index contributed by atoms with van der Waals surface area (Å²) in [4.78, 5) is 12.6. The van der Waals surface area contributed by atoms with E-state index in [0.29, 0.717) is 6.42 Å². The Morgan fingerprint density at radius 3 is 2.90 bits per heavy atom. The van der Waals surface area contributed by atoms with Crippen molar-refractivity contribution in [3.05, 3.63) is 10.4 Å². The van der Waals surface area contributed by atoms with Gasteiger partial charge in [0.15, 0.2) is 0 Å². The molecule has 5 nitrogen and oxygen atoms in total. The van der Waals surface area contributed by atoms with Gasteiger partial charge in [-0.05, 0) is 12.0 Å². The number of carboxylic acid groups (broad SMARTS) is 1. The number of hydrogen-bond acceptors (Lipinski definition) is 2. The smallest absolute Gasteiger partial charge is 0.303 e. The Morgan fingerprint density at radius 2 is 2.60 bits per heavy atom. The second-order valence-electron chi connectivity index (χ2n) is 1.86. The van der Waals surface area contributed by atoms with E-state index in [2.05, 4.69) is 10.0 Å². The molecule has 0 saturated carbocycles. The summed E-state index contributed by atoms with van der Waals surface area (Å²) < 4.78 is 0. The largest absolute Gasteiger partial charge is 0.481 e. The van der Waals surface area contributed by atoms with E-state index in [1.165, 1.54) is 0 Å². The van der Waals surface area contributed by atoms with Gasteiger partial charge >= 0.3 is 5.97 Å². The van der Waals surface area contributed by atoms with Crippen LogP contribution in [0.3, 0.4) is 0 Å². The summed E-state index contributed by atoms with van der Waals surface area (Å²) in [5.41, 5.74) is 7.95. The second kappa shape index (κ2) is 4.64. The molecule has 0 bridgehead atoms. The van der Waals surface area contributed by atoms with Crippen LogP contribution in [0.1, 0.15) is 21.2 Å². The van der Waals surface area contributed by atoms with Crippen LogP contribution in [0.15, 0.2) is 5.11 Å². The summed E-state index contributed by atoms with van der Waals surface area (Å²) in [6, 6.07) is -0.400. The molecule has 0 heterocycles. The number of carboxylic acids is 1. The fourth-order valence-electron chi connectivity index (χ4n) is 0.541. The molecule has 1 atom stereocenters. The minimum Gasteiger partial charge on any atom is -0.481 e. The van der Waals surface area contributed by atoms with E-state index in [4.69, 9.17) is 10.6 Å². The van der Waals surface area contributed by atoms with Crippen molar-refractivity contribution in [2.24, 2.45) is 5.11 Å². The van der Waals surface area contributed by atoms with Crippen molar-refractivity contribution in [3.63, 3.8) is 0 Å². The van der Waals surface area contributed by atoms with Crippen LogP contribution in [0.25, 0.3) is 10.4 Å². The van der Waals surface area contributed by atoms with Crippen molar-refractivity contribution in [1.29, 1.82) is 0 Å². The Labute approximate surface area is 59.8 Å². The molecule has 0 aromatic rings. The topological polar surface area (TPSA) is 86.1 Å². The highest BCUT2D eigenvalue weighted by molar-refractivity contribution is 5.67. The van der Waals surface area contributed by atoms with E-state index in [9.17, 15) is 4.79 Å². The minimum atomic E-state index is -0.931. The lowest BCUT2D eigenvalue weighted by Gasteiger charge is -2.01. The van der Waals surface area contributed by atoms with E-state index in [1.54, 1.807) is 6.92 Å². The predicted octanol–water partition coefficient (Wildman–Crippen LogP) is 1.80. The Bertz CT molecular complexity index is 167. The fraction of sp³-hybridized carbons (Fsp3) is 0.800. The zero-order valence-electron chi connectivity index (χ0n) is 5.69. The van der Waals surface area contributed by atoms with E-state index in [-0.39, 0.29) is 7.85 Å². The van der Waals surface area contributed by atoms with E-state index in [1.807, 2.05) is 0 Å². The van der Waals surface area contributed by atoms with Gasteiger partial charge in [-0.2, -0.15) is 0 Å². The van der Waals surface area contributed by atoms with Crippen LogP contribution in [0.4, 0.5) is 0 Å². The molecule has 0 aliphatic rings. The van der Waals surface area contributed by atoms with Gasteiger partial charge in [0.2, 0.25) is 0 Å². The van der Waals surface area contributed by atoms with Crippen molar-refractivity contribution in [2.45, 2.75) is 25.8 Å². The van der Waals surface area contributed by atoms with Gasteiger partial charge in [-0.25, -0.2) is 0 Å². The zero-order valence-corrected chi connectivity index (χ0v) is 5.69. The minimum absolute atomic E-state index is 0. The SMILES string of the molecule is CCC(CC(=O)O)N=[N+]=[N-].[HH]. The standard InChI is InChI=1S/C5H9N3O2.H2/c1-2-4(7-8-6)3-5(9)10;/h4H,2-3H2,1H3,(H,9,10);1H. The molecule has 0 rings (SSSR count). The number of hydrogen-bond donors (Lipinski definition) is 1. The van der Waals surface area contributed by atoms with Crippen molar-refractivity contribution in [2.75, 3.05) is 0 Å². The van der Waals surface area contributed by atoms with Gasteiger partial charge in [0.05, 0.1) is 6.42 Å². The molecular weight excluding hydrogens is 134 g/mol. The average Bonchev–Trinajstić information content (AvgIpc) is 1.86. The summed E-state index contributed by atoms with van der Waals surface area (Å²) in [6.07, 6.45) is 0.483. The van der Waals surface area contributed by atoms with E-state index in [0.717, 1.165) is 0 Å². The van der Waals surface area contributed by atoms with Crippen molar-refractivity contribution in [1.82, 2.24) is 0 Å². The van der Waals surface area contributed by atoms with Crippen LogP contribution in [0.2, 0.25) is 0 Å². The quantitative estimate of drug-likeness (QED) is 0.371. The molecule has 5 heteroatoms. The van der Waals surface area contributed by atoms with Gasteiger partial charge in [0.25, 0.3) is 0 Å². The van der Waals surface area contributed by atoms with Crippen molar-refractivity contribution >= 4 is 5.97 Å². The Kier molecular flexibility index (Phi) is 4.07. The van der Waals surface area contributed by atoms with E-state index < -0.39 is 12.0 Å². The number of aliphatic carboxylic acids is 1. The zero-order chi connectivity index (χ0) is 7.98. The molecule has 58 valence electrons. The molecule has 0 aliphatic carbocycles. The normalized spacial score (nSPS) is 11.7. The second-order valence-corrected chi connectivity index (χ2v) is 1.86. The summed E-state index contributed by atoms with van der Waals surface area (Å²) in [5.74, 6) is -0.931. The monoisotopic (exact) mass is 145 g/mol. The van der Waals surface area contributed by atoms with Crippen LogP contribution >= 0.6 is 0 Å². The molecule has 0 aromatic heterocycles. The highest BCUT2D eigenvalue weighted by Crippen LogP contribution is 2.02. The Hall–Kier alpha value is -1.22. The van der Waals surface area contributed by atoms with Crippen molar-refractivity contribution in [3.8, 4) is 0 Å². The maximum Gasteiger partial charge on any atom is 0.303 e. The molecule has 1 unspecified atom stereocenters. The predicted molar refractivity (Wildman–Crippen MR) is 37.6 cm³/mol. The van der Waals surface area contributed by atoms with Gasteiger partial charge in [-0.1, -0.05) is 12.0 Å². The number of carbonyl (C=O) groups is 1. The third kappa shape index (κ3) is 3.74. The summed E-state index contributed by atoms with van der Waals surface area (Å²) in [6.45, 7) is 1.78. The first kappa shape index (κ1) is 8.78. The van der Waals surface area contributed by atoms with Gasteiger partial charge in [0, 0.05) is 12.4 Å². The van der Waals surface area contributed by atoms with Crippen LogP contribution in [0, 0.1) is 0 Å². The van der Waals surface area contributed by atoms with Crippen LogP contribution in [-0.2, 0) is 4.79 Å². The number of nitrogens with zero attached hydrogens (tertiary/aromatic N) is 3. The third-order valence-corrected chi connectivity index (χ3v) is 1.10. The maximum absolute atomic E-state index is 10.1. The number of azide groups is 1. The molecule has 0 aromatic carbocycles. The first-order valence-electron chi connectivity index (χ1n) is 2.96. The molecule has 10 heavy (non-hydrogen) atoms. The molecule has 1 N–H and O–H groups in total. The van der Waals surface area contributed by atoms with E-state index >= 15 is 0 Å². The molecular formula is C5H11N3O2. The highest BCUT2D eigenvalue weighted by Gasteiger charge is 2.07. The molecule has 0 radical (unpaired) electrons. The maximum atomic E-state index is 10.1. The summed E-state index contributed by atoms with van der Waals surface area (Å²) in [5, 5.41) is 11.5. The van der Waals surface area contributed by atoms with Gasteiger partial charge < -0.3 is 5.11 Å². The van der Waals surface area contributed by atoms with Crippen LogP contribution < -0.4 is 0 Å². The van der Waals surface area contributed by atoms with Gasteiger partial charge in [0.1, 0.15) is 0 Å². The average molecular weight is 145 g/mol. The lowest BCUT2D eigenvalue weighted by atomic mass is 10.2. The third-order valence-electron chi connectivity index (χ3n) is 1.10. The Balaban J connectivity index is 0. The van der Waals surface area contributed by atoms with Gasteiger partial charge in [-0.3, -0.25) is 4.79 Å². The van der Waals surface area contributed by atoms with Gasteiger partial charge in [-0.15, -0.1) is 0 Å². The van der Waals surface area contributed by atoms with Crippen LogP contribution in [-0.4, -0.2) is 17.1 Å². The fourth-order valence-corrected chi connectivity index (χ4v) is 0.541. The highest BCUT2D eigenvalue weighted by atomic mass is 16.4. The molecule has 0 spiro atoms. The molecule has 0 aliphatic heterocycles. The van der Waals surface area contributed by atoms with Crippen LogP contribution in [0.5, 0.6) is 0 Å². The lowest BCUT2D eigenvalue weighted by molar-refractivity contribution is -0.137. The first-order valence-corrected chi connectivity index (χ1v) is 2.96. The molecule has 0 fully saturated rings. The molecule has 0 amide bonds. The van der Waals surface area contributed by atoms with Crippen molar-refractivity contribution < 1.29 is 11.3 Å². The molecule has 0 saturated heterocycles.